The van der Waals surface area contributed by atoms with E-state index in [0.29, 0.717) is 24.5 Å². The molecule has 0 spiro atoms. The first-order valence-corrected chi connectivity index (χ1v) is 9.16. The summed E-state index contributed by atoms with van der Waals surface area (Å²) in [7, 11) is 1.59. The molecule has 0 aliphatic carbocycles. The molecule has 3 rings (SSSR count). The normalized spacial score (nSPS) is 11.3. The largest absolute Gasteiger partial charge is 0.493 e. The number of amides is 1. The van der Waals surface area contributed by atoms with E-state index >= 15 is 0 Å². The molecule has 1 aromatic carbocycles. The molecule has 0 bridgehead atoms. The van der Waals surface area contributed by atoms with Gasteiger partial charge in [-0.05, 0) is 49.8 Å². The highest BCUT2D eigenvalue weighted by molar-refractivity contribution is 5.91. The van der Waals surface area contributed by atoms with Crippen LogP contribution in [0.25, 0.3) is 11.7 Å². The smallest absolute Gasteiger partial charge is 0.244 e. The summed E-state index contributed by atoms with van der Waals surface area (Å²) >= 11 is 0. The van der Waals surface area contributed by atoms with Crippen LogP contribution in [0.4, 0.5) is 0 Å². The van der Waals surface area contributed by atoms with Crippen LogP contribution in [-0.2, 0) is 11.2 Å². The molecule has 146 valence electrons. The second-order valence-corrected chi connectivity index (χ2v) is 6.50. The molecular formula is C21H24N4O3. The quantitative estimate of drug-likeness (QED) is 0.608. The number of nitrogens with one attached hydrogen (secondary N) is 1. The van der Waals surface area contributed by atoms with Crippen molar-refractivity contribution in [3.63, 3.8) is 0 Å². The first kappa shape index (κ1) is 19.4. The number of fused-ring (bicyclic) bond motifs is 1. The van der Waals surface area contributed by atoms with Crippen LogP contribution in [0.3, 0.4) is 0 Å². The Balaban J connectivity index is 1.55. The van der Waals surface area contributed by atoms with Gasteiger partial charge in [-0.1, -0.05) is 12.1 Å². The number of carbonyl (C=O) groups excluding carboxylic acids is 1. The molecular weight excluding hydrogens is 356 g/mol. The lowest BCUT2D eigenvalue weighted by atomic mass is 10.2. The Hall–Kier alpha value is -3.35. The van der Waals surface area contributed by atoms with Crippen LogP contribution < -0.4 is 14.8 Å². The van der Waals surface area contributed by atoms with Gasteiger partial charge in [0.15, 0.2) is 17.1 Å². The standard InChI is InChI=1S/C21H24N4O3/c1-15(2)28-17-9-7-16(14-18(17)27-3)8-10-21(26)22-12-11-20-24-23-19-6-4-5-13-25(19)20/h4-10,13-15H,11-12H2,1-3H3,(H,22,26)/b10-8+. The Bertz CT molecular complexity index is 979. The van der Waals surface area contributed by atoms with E-state index < -0.39 is 0 Å². The highest BCUT2D eigenvalue weighted by atomic mass is 16.5. The van der Waals surface area contributed by atoms with Crippen molar-refractivity contribution >= 4 is 17.6 Å². The summed E-state index contributed by atoms with van der Waals surface area (Å²) in [5.41, 5.74) is 1.65. The second kappa shape index (κ2) is 9.03. The Morgan fingerprint density at radius 1 is 1.21 bits per heavy atom. The van der Waals surface area contributed by atoms with Crippen molar-refractivity contribution in [1.29, 1.82) is 0 Å². The molecule has 3 aromatic rings. The molecule has 28 heavy (non-hydrogen) atoms. The van der Waals surface area contributed by atoms with Gasteiger partial charge in [-0.25, -0.2) is 0 Å². The van der Waals surface area contributed by atoms with Gasteiger partial charge in [0.25, 0.3) is 0 Å². The van der Waals surface area contributed by atoms with Crippen molar-refractivity contribution in [1.82, 2.24) is 19.9 Å². The lowest BCUT2D eigenvalue weighted by Crippen LogP contribution is -2.24. The van der Waals surface area contributed by atoms with Crippen molar-refractivity contribution in [2.45, 2.75) is 26.4 Å². The monoisotopic (exact) mass is 380 g/mol. The number of nitrogens with zero attached hydrogens (tertiary/aromatic N) is 3. The van der Waals surface area contributed by atoms with Gasteiger partial charge in [0.2, 0.25) is 5.91 Å². The summed E-state index contributed by atoms with van der Waals surface area (Å²) in [4.78, 5) is 12.1. The molecule has 2 aromatic heterocycles. The van der Waals surface area contributed by atoms with Gasteiger partial charge in [0.05, 0.1) is 13.2 Å². The number of aromatic nitrogens is 3. The maximum absolute atomic E-state index is 12.1. The molecule has 7 heteroatoms. The van der Waals surface area contributed by atoms with Gasteiger partial charge < -0.3 is 14.8 Å². The molecule has 0 atom stereocenters. The van der Waals surface area contributed by atoms with Crippen molar-refractivity contribution in [3.05, 3.63) is 60.1 Å². The summed E-state index contributed by atoms with van der Waals surface area (Å²) in [5, 5.41) is 11.1. The van der Waals surface area contributed by atoms with E-state index in [1.54, 1.807) is 13.2 Å². The third-order valence-electron chi connectivity index (χ3n) is 4.01. The number of hydrogen-bond donors (Lipinski definition) is 1. The zero-order valence-corrected chi connectivity index (χ0v) is 16.3. The predicted octanol–water partition coefficient (Wildman–Crippen LogP) is 2.90. The molecule has 0 unspecified atom stereocenters. The Morgan fingerprint density at radius 3 is 2.86 bits per heavy atom. The average Bonchev–Trinajstić information content (AvgIpc) is 3.10. The van der Waals surface area contributed by atoms with E-state index in [9.17, 15) is 4.79 Å². The number of methoxy groups -OCH3 is 1. The topological polar surface area (TPSA) is 77.8 Å². The third-order valence-corrected chi connectivity index (χ3v) is 4.01. The van der Waals surface area contributed by atoms with Crippen molar-refractivity contribution < 1.29 is 14.3 Å². The fourth-order valence-electron chi connectivity index (χ4n) is 2.73. The minimum absolute atomic E-state index is 0.0588. The number of carbonyl (C=O) groups is 1. The number of benzene rings is 1. The number of ether oxygens (including phenoxy) is 2. The van der Waals surface area contributed by atoms with Crippen LogP contribution >= 0.6 is 0 Å². The number of hydrogen-bond acceptors (Lipinski definition) is 5. The fourth-order valence-corrected chi connectivity index (χ4v) is 2.73. The van der Waals surface area contributed by atoms with E-state index in [1.165, 1.54) is 6.08 Å². The van der Waals surface area contributed by atoms with Crippen molar-refractivity contribution in [2.75, 3.05) is 13.7 Å². The van der Waals surface area contributed by atoms with Crippen LogP contribution in [0.2, 0.25) is 0 Å². The molecule has 0 saturated heterocycles. The maximum atomic E-state index is 12.1. The van der Waals surface area contributed by atoms with Crippen LogP contribution in [0.1, 0.15) is 25.2 Å². The Morgan fingerprint density at radius 2 is 2.07 bits per heavy atom. The molecule has 1 N–H and O–H groups in total. The first-order valence-electron chi connectivity index (χ1n) is 9.16. The molecule has 7 nitrogen and oxygen atoms in total. The number of pyridine rings is 1. The van der Waals surface area contributed by atoms with Crippen LogP contribution in [-0.4, -0.2) is 40.3 Å². The summed E-state index contributed by atoms with van der Waals surface area (Å²) in [6.07, 6.45) is 5.80. The van der Waals surface area contributed by atoms with Crippen LogP contribution in [0.5, 0.6) is 11.5 Å². The molecule has 0 radical (unpaired) electrons. The Labute approximate surface area is 164 Å². The number of rotatable bonds is 8. The van der Waals surface area contributed by atoms with Gasteiger partial charge in [0, 0.05) is 25.2 Å². The molecule has 1 amide bonds. The predicted molar refractivity (Wildman–Crippen MR) is 107 cm³/mol. The van der Waals surface area contributed by atoms with Crippen LogP contribution in [0.15, 0.2) is 48.7 Å². The summed E-state index contributed by atoms with van der Waals surface area (Å²) in [6.45, 7) is 4.39. The maximum Gasteiger partial charge on any atom is 0.244 e. The van der Waals surface area contributed by atoms with Gasteiger partial charge in [-0.2, -0.15) is 0 Å². The Kier molecular flexibility index (Phi) is 6.26. The summed E-state index contributed by atoms with van der Waals surface area (Å²) < 4.78 is 13.0. The fraction of sp³-hybridized carbons (Fsp3) is 0.286. The summed E-state index contributed by atoms with van der Waals surface area (Å²) in [5.74, 6) is 1.95. The van der Waals surface area contributed by atoms with E-state index in [-0.39, 0.29) is 12.0 Å². The minimum Gasteiger partial charge on any atom is -0.493 e. The van der Waals surface area contributed by atoms with Crippen molar-refractivity contribution in [3.8, 4) is 11.5 Å². The van der Waals surface area contributed by atoms with E-state index in [2.05, 4.69) is 15.5 Å². The highest BCUT2D eigenvalue weighted by Crippen LogP contribution is 2.29. The SMILES string of the molecule is COc1cc(/C=C/C(=O)NCCc2nnc3ccccn23)ccc1OC(C)C. The van der Waals surface area contributed by atoms with E-state index in [4.69, 9.17) is 9.47 Å². The highest BCUT2D eigenvalue weighted by Gasteiger charge is 2.07. The van der Waals surface area contributed by atoms with Gasteiger partial charge in [-0.3, -0.25) is 9.20 Å². The van der Waals surface area contributed by atoms with E-state index in [0.717, 1.165) is 17.0 Å². The van der Waals surface area contributed by atoms with Gasteiger partial charge in [0.1, 0.15) is 5.82 Å². The minimum atomic E-state index is -0.171. The lowest BCUT2D eigenvalue weighted by molar-refractivity contribution is -0.116. The van der Waals surface area contributed by atoms with E-state index in [1.807, 2.05) is 60.8 Å². The summed E-state index contributed by atoms with van der Waals surface area (Å²) in [6, 6.07) is 11.3. The molecule has 0 aliphatic heterocycles. The van der Waals surface area contributed by atoms with Crippen LogP contribution in [0, 0.1) is 0 Å². The average molecular weight is 380 g/mol. The zero-order valence-electron chi connectivity index (χ0n) is 16.3. The lowest BCUT2D eigenvalue weighted by Gasteiger charge is -2.13. The third kappa shape index (κ3) is 4.88. The second-order valence-electron chi connectivity index (χ2n) is 6.50. The molecule has 0 aliphatic rings. The van der Waals surface area contributed by atoms with Gasteiger partial charge >= 0.3 is 0 Å². The first-order chi connectivity index (χ1) is 13.6. The molecule has 0 saturated carbocycles. The molecule has 2 heterocycles. The van der Waals surface area contributed by atoms with Gasteiger partial charge in [-0.15, -0.1) is 10.2 Å². The zero-order chi connectivity index (χ0) is 19.9. The van der Waals surface area contributed by atoms with Crippen molar-refractivity contribution in [2.24, 2.45) is 0 Å². The molecule has 0 fully saturated rings.